The summed E-state index contributed by atoms with van der Waals surface area (Å²) in [5.74, 6) is 0.573. The predicted octanol–water partition coefficient (Wildman–Crippen LogP) is 12.3. The van der Waals surface area contributed by atoms with Gasteiger partial charge in [-0.05, 0) is 17.4 Å². The van der Waals surface area contributed by atoms with Crippen LogP contribution in [0.3, 0.4) is 0 Å². The first-order valence-corrected chi connectivity index (χ1v) is 18.5. The predicted molar refractivity (Wildman–Crippen MR) is 198 cm³/mol. The van der Waals surface area contributed by atoms with Crippen LogP contribution in [0.5, 0.6) is 0 Å². The number of allylic oxidation sites excluding steroid dienone is 4. The molecular formula is C45H54Zr. The Kier molecular flexibility index (Phi) is 11.5. The normalized spacial score (nSPS) is 15.5. The minimum absolute atomic E-state index is 0.177. The molecule has 4 aromatic carbocycles. The van der Waals surface area contributed by atoms with E-state index < -0.39 is 0 Å². The Morgan fingerprint density at radius 1 is 0.761 bits per heavy atom. The maximum atomic E-state index is 3.57. The number of hydrogen-bond donors (Lipinski definition) is 0. The molecule has 0 fully saturated rings. The van der Waals surface area contributed by atoms with E-state index in [9.17, 15) is 0 Å². The quantitative estimate of drug-likeness (QED) is 0.166. The SMILES string of the molecule is CC(C)(C)c1c[c-]c2c(c1)-c1cc(C(C)(C)C)ccc1C2.CCC1=[C-]C(CC)C=C1C(C)(C)C.[Zr+2]=[CH]c1cccc2ccccc12. The Morgan fingerprint density at radius 2 is 1.41 bits per heavy atom. The van der Waals surface area contributed by atoms with E-state index in [2.05, 4.69) is 171 Å². The van der Waals surface area contributed by atoms with Crippen LogP contribution < -0.4 is 0 Å². The van der Waals surface area contributed by atoms with Crippen LogP contribution in [0, 0.1) is 23.5 Å². The summed E-state index contributed by atoms with van der Waals surface area (Å²) in [6.45, 7) is 25.0. The number of hydrogen-bond acceptors (Lipinski definition) is 0. The van der Waals surface area contributed by atoms with Crippen molar-refractivity contribution in [3.8, 4) is 11.1 Å². The molecule has 1 atom stereocenters. The van der Waals surface area contributed by atoms with E-state index in [1.54, 1.807) is 0 Å². The summed E-state index contributed by atoms with van der Waals surface area (Å²) in [6, 6.07) is 30.0. The van der Waals surface area contributed by atoms with Crippen molar-refractivity contribution in [3.05, 3.63) is 130 Å². The summed E-state index contributed by atoms with van der Waals surface area (Å²) in [5, 5.41) is 2.69. The molecule has 1 unspecified atom stereocenters. The van der Waals surface area contributed by atoms with Gasteiger partial charge in [-0.25, -0.2) is 5.57 Å². The average Bonchev–Trinajstić information content (AvgIpc) is 3.61. The second kappa shape index (κ2) is 14.6. The molecule has 0 aromatic heterocycles. The summed E-state index contributed by atoms with van der Waals surface area (Å²) in [5.41, 5.74) is 13.4. The molecule has 0 N–H and O–H groups in total. The van der Waals surface area contributed by atoms with Gasteiger partial charge in [-0.15, -0.1) is 5.56 Å². The van der Waals surface area contributed by atoms with Gasteiger partial charge in [0.1, 0.15) is 0 Å². The summed E-state index contributed by atoms with van der Waals surface area (Å²) in [4.78, 5) is 0. The molecule has 0 saturated heterocycles. The van der Waals surface area contributed by atoms with Crippen LogP contribution in [-0.2, 0) is 41.5 Å². The molecule has 0 radical (unpaired) electrons. The Morgan fingerprint density at radius 3 is 2.00 bits per heavy atom. The van der Waals surface area contributed by atoms with Crippen molar-refractivity contribution in [2.75, 3.05) is 0 Å². The molecular weight excluding hydrogens is 632 g/mol. The fourth-order valence-corrected chi connectivity index (χ4v) is 6.84. The van der Waals surface area contributed by atoms with Crippen molar-refractivity contribution in [2.24, 2.45) is 11.3 Å². The van der Waals surface area contributed by atoms with E-state index in [0.717, 1.165) is 12.8 Å². The Balaban J connectivity index is 0.000000166. The van der Waals surface area contributed by atoms with E-state index >= 15 is 0 Å². The monoisotopic (exact) mass is 684 g/mol. The molecule has 0 spiro atoms. The van der Waals surface area contributed by atoms with Gasteiger partial charge in [0.25, 0.3) is 0 Å². The van der Waals surface area contributed by atoms with Crippen LogP contribution in [0.25, 0.3) is 21.9 Å². The van der Waals surface area contributed by atoms with E-state index in [4.69, 9.17) is 0 Å². The van der Waals surface area contributed by atoms with E-state index in [-0.39, 0.29) is 10.8 Å². The molecule has 6 rings (SSSR count). The van der Waals surface area contributed by atoms with Crippen LogP contribution in [0.15, 0.2) is 90.0 Å². The topological polar surface area (TPSA) is 0 Å². The average molecular weight is 686 g/mol. The molecule has 0 heterocycles. The zero-order valence-electron chi connectivity index (χ0n) is 30.3. The molecule has 0 saturated carbocycles. The Bertz CT molecular complexity index is 1670. The van der Waals surface area contributed by atoms with Crippen molar-refractivity contribution >= 4 is 14.5 Å². The van der Waals surface area contributed by atoms with Gasteiger partial charge in [-0.1, -0.05) is 135 Å². The Labute approximate surface area is 295 Å². The molecule has 2 aliphatic rings. The third kappa shape index (κ3) is 8.64. The molecule has 2 aliphatic carbocycles. The van der Waals surface area contributed by atoms with Crippen LogP contribution in [0.1, 0.15) is 117 Å². The van der Waals surface area contributed by atoms with Crippen LogP contribution in [-0.4, -0.2) is 3.71 Å². The van der Waals surface area contributed by atoms with Gasteiger partial charge in [0.2, 0.25) is 0 Å². The first kappa shape index (κ1) is 36.2. The van der Waals surface area contributed by atoms with Crippen LogP contribution in [0.2, 0.25) is 0 Å². The number of benzene rings is 4. The van der Waals surface area contributed by atoms with Gasteiger partial charge >= 0.3 is 86.7 Å². The summed E-state index contributed by atoms with van der Waals surface area (Å²) in [7, 11) is 0. The van der Waals surface area contributed by atoms with E-state index in [1.807, 2.05) is 0 Å². The molecule has 4 aromatic rings. The van der Waals surface area contributed by atoms with Crippen LogP contribution in [0.4, 0.5) is 0 Å². The first-order chi connectivity index (χ1) is 21.6. The maximum absolute atomic E-state index is 3.57. The van der Waals surface area contributed by atoms with Crippen molar-refractivity contribution in [1.29, 1.82) is 0 Å². The van der Waals surface area contributed by atoms with Gasteiger partial charge in [-0.3, -0.25) is 6.08 Å². The third-order valence-corrected chi connectivity index (χ3v) is 9.92. The molecule has 0 bridgehead atoms. The second-order valence-corrected chi connectivity index (χ2v) is 16.6. The molecule has 0 aliphatic heterocycles. The molecule has 0 amide bonds. The second-order valence-electron chi connectivity index (χ2n) is 15.9. The summed E-state index contributed by atoms with van der Waals surface area (Å²) in [6.07, 6.45) is 9.31. The van der Waals surface area contributed by atoms with Crippen molar-refractivity contribution in [3.63, 3.8) is 0 Å². The van der Waals surface area contributed by atoms with Crippen molar-refractivity contribution < 1.29 is 24.2 Å². The molecule has 0 nitrogen and oxygen atoms in total. The molecule has 1 heteroatoms. The third-order valence-electron chi connectivity index (χ3n) is 9.16. The zero-order valence-corrected chi connectivity index (χ0v) is 32.7. The fraction of sp³-hybridized carbons (Fsp3) is 0.400. The van der Waals surface area contributed by atoms with Gasteiger partial charge in [-0.2, -0.15) is 41.0 Å². The number of rotatable bonds is 3. The van der Waals surface area contributed by atoms with E-state index in [1.165, 1.54) is 91.5 Å². The summed E-state index contributed by atoms with van der Waals surface area (Å²) >= 11 is 1.46. The standard InChI is InChI=1S/C21H25.C13H21.C11H8.Zr/c1-20(2,3)16-9-7-14-11-15-8-10-17(21(4,5)6)13-19(15)18(14)12-16;1-6-10-8-11(7-2)12(9-10)13(3,4)5;1-9-5-4-7-10-6-2-3-8-11(9)10;/h7,9-10,12-13H,11H2,1-6H3;9-10H,6-7H2,1-5H3;1-8H;/q2*-1;;+2. The zero-order chi connectivity index (χ0) is 33.9. The Hall–Kier alpha value is -2.63. The molecule has 46 heavy (non-hydrogen) atoms. The van der Waals surface area contributed by atoms with Gasteiger partial charge in [0.05, 0.1) is 0 Å². The van der Waals surface area contributed by atoms with Gasteiger partial charge < -0.3 is 0 Å². The summed E-state index contributed by atoms with van der Waals surface area (Å²) < 4.78 is 2.23. The van der Waals surface area contributed by atoms with E-state index in [0.29, 0.717) is 11.3 Å². The fourth-order valence-electron chi connectivity index (χ4n) is 6.22. The van der Waals surface area contributed by atoms with Crippen molar-refractivity contribution in [2.45, 2.75) is 106 Å². The number of fused-ring (bicyclic) bond motifs is 4. The molecule has 238 valence electrons. The van der Waals surface area contributed by atoms with Gasteiger partial charge in [0.15, 0.2) is 0 Å². The minimum atomic E-state index is 0.177. The first-order valence-electron chi connectivity index (χ1n) is 17.1. The van der Waals surface area contributed by atoms with Crippen molar-refractivity contribution in [1.82, 2.24) is 0 Å². The van der Waals surface area contributed by atoms with Crippen LogP contribution >= 0.6 is 0 Å². The van der Waals surface area contributed by atoms with Gasteiger partial charge in [0, 0.05) is 0 Å².